The molecule has 1 fully saturated rings. The summed E-state index contributed by atoms with van der Waals surface area (Å²) in [7, 11) is 0. The smallest absolute Gasteiger partial charge is 0.227 e. The molecule has 2 N–H and O–H groups in total. The number of pyridine rings is 1. The van der Waals surface area contributed by atoms with E-state index in [1.54, 1.807) is 6.20 Å². The predicted molar refractivity (Wildman–Crippen MR) is 71.3 cm³/mol. The lowest BCUT2D eigenvalue weighted by Crippen LogP contribution is -2.29. The maximum atomic E-state index is 11.9. The molecule has 5 nitrogen and oxygen atoms in total. The highest BCUT2D eigenvalue weighted by Crippen LogP contribution is 2.35. The molecule has 2 heterocycles. The molecule has 18 heavy (non-hydrogen) atoms. The number of amides is 2. The molecule has 1 aliphatic rings. The lowest BCUT2D eigenvalue weighted by atomic mass is 10.1. The second-order valence-electron chi connectivity index (χ2n) is 4.18. The fourth-order valence-corrected chi connectivity index (χ4v) is 2.55. The highest BCUT2D eigenvalue weighted by atomic mass is 79.9. The van der Waals surface area contributed by atoms with Gasteiger partial charge in [-0.3, -0.25) is 9.59 Å². The van der Waals surface area contributed by atoms with Crippen LogP contribution < -0.4 is 10.6 Å². The number of carbonyl (C=O) groups is 2. The van der Waals surface area contributed by atoms with E-state index in [-0.39, 0.29) is 24.0 Å². The van der Waals surface area contributed by atoms with Crippen LogP contribution in [0.3, 0.4) is 0 Å². The van der Waals surface area contributed by atoms with E-state index in [9.17, 15) is 9.59 Å². The van der Waals surface area contributed by atoms with Gasteiger partial charge in [-0.25, -0.2) is 4.98 Å². The van der Waals surface area contributed by atoms with E-state index in [4.69, 9.17) is 17.3 Å². The number of carbonyl (C=O) groups excluding carboxylic acids is 2. The largest absolute Gasteiger partial charge is 0.369 e. The maximum absolute atomic E-state index is 11.9. The van der Waals surface area contributed by atoms with Gasteiger partial charge in [-0.1, -0.05) is 11.6 Å². The van der Waals surface area contributed by atoms with Crippen LogP contribution >= 0.6 is 27.5 Å². The van der Waals surface area contributed by atoms with Gasteiger partial charge in [0, 0.05) is 23.6 Å². The number of nitrogens with two attached hydrogens (primary N) is 1. The molecule has 1 atom stereocenters. The van der Waals surface area contributed by atoms with Crippen molar-refractivity contribution >= 4 is 45.0 Å². The molecule has 0 aromatic carbocycles. The zero-order valence-corrected chi connectivity index (χ0v) is 12.0. The van der Waals surface area contributed by atoms with Crippen molar-refractivity contribution in [2.75, 3.05) is 11.4 Å². The van der Waals surface area contributed by atoms with E-state index >= 15 is 0 Å². The van der Waals surface area contributed by atoms with Crippen molar-refractivity contribution < 1.29 is 9.59 Å². The Balaban J connectivity index is 2.41. The van der Waals surface area contributed by atoms with Gasteiger partial charge in [0.25, 0.3) is 0 Å². The predicted octanol–water partition coefficient (Wildman–Crippen LogP) is 1.64. The normalized spacial score (nSPS) is 19.4. The van der Waals surface area contributed by atoms with Crippen molar-refractivity contribution in [3.63, 3.8) is 0 Å². The number of hydrogen-bond acceptors (Lipinski definition) is 3. The van der Waals surface area contributed by atoms with E-state index in [0.29, 0.717) is 5.69 Å². The third kappa shape index (κ3) is 2.22. The summed E-state index contributed by atoms with van der Waals surface area (Å²) in [4.78, 5) is 28.5. The van der Waals surface area contributed by atoms with Crippen LogP contribution in [0.1, 0.15) is 12.0 Å². The summed E-state index contributed by atoms with van der Waals surface area (Å²) in [5.41, 5.74) is 6.59. The van der Waals surface area contributed by atoms with Crippen molar-refractivity contribution in [3.05, 3.63) is 21.4 Å². The number of halogens is 2. The zero-order chi connectivity index (χ0) is 13.4. The molecule has 0 radical (unpaired) electrons. The fourth-order valence-electron chi connectivity index (χ4n) is 1.97. The van der Waals surface area contributed by atoms with Gasteiger partial charge in [-0.05, 0) is 28.4 Å². The van der Waals surface area contributed by atoms with Gasteiger partial charge < -0.3 is 10.6 Å². The average Bonchev–Trinajstić information content (AvgIpc) is 2.67. The summed E-state index contributed by atoms with van der Waals surface area (Å²) in [6.45, 7) is 2.09. The number of rotatable bonds is 2. The summed E-state index contributed by atoms with van der Waals surface area (Å²) >= 11 is 9.37. The fraction of sp³-hybridized carbons (Fsp3) is 0.364. The van der Waals surface area contributed by atoms with Crippen LogP contribution in [-0.2, 0) is 9.59 Å². The van der Waals surface area contributed by atoms with Crippen molar-refractivity contribution in [1.82, 2.24) is 4.98 Å². The Hall–Kier alpha value is -1.14. The van der Waals surface area contributed by atoms with Gasteiger partial charge >= 0.3 is 0 Å². The molecule has 0 bridgehead atoms. The number of aromatic nitrogens is 1. The minimum atomic E-state index is -0.470. The minimum absolute atomic E-state index is 0.123. The van der Waals surface area contributed by atoms with E-state index in [2.05, 4.69) is 20.9 Å². The van der Waals surface area contributed by atoms with Crippen molar-refractivity contribution in [2.24, 2.45) is 11.7 Å². The quantitative estimate of drug-likeness (QED) is 0.837. The first-order chi connectivity index (χ1) is 8.41. The molecular weight excluding hydrogens is 321 g/mol. The van der Waals surface area contributed by atoms with E-state index in [1.807, 2.05) is 6.92 Å². The molecular formula is C11H11BrClN3O2. The summed E-state index contributed by atoms with van der Waals surface area (Å²) in [5.74, 6) is -1.10. The van der Waals surface area contributed by atoms with Crippen LogP contribution in [-0.4, -0.2) is 23.3 Å². The Morgan fingerprint density at radius 3 is 2.89 bits per heavy atom. The third-order valence-electron chi connectivity index (χ3n) is 3.00. The minimum Gasteiger partial charge on any atom is -0.369 e. The Labute approximate surface area is 117 Å². The van der Waals surface area contributed by atoms with Gasteiger partial charge in [0.15, 0.2) is 5.15 Å². The van der Waals surface area contributed by atoms with Crippen LogP contribution in [0.2, 0.25) is 5.15 Å². The molecule has 1 aromatic heterocycles. The molecule has 1 aliphatic heterocycles. The van der Waals surface area contributed by atoms with Gasteiger partial charge in [-0.15, -0.1) is 0 Å². The highest BCUT2D eigenvalue weighted by molar-refractivity contribution is 9.10. The van der Waals surface area contributed by atoms with Crippen molar-refractivity contribution in [1.29, 1.82) is 0 Å². The summed E-state index contributed by atoms with van der Waals surface area (Å²) in [6, 6.07) is 0. The first kappa shape index (κ1) is 13.3. The second-order valence-corrected chi connectivity index (χ2v) is 5.39. The molecule has 1 aromatic rings. The van der Waals surface area contributed by atoms with Crippen LogP contribution in [0.5, 0.6) is 0 Å². The van der Waals surface area contributed by atoms with Crippen LogP contribution in [0.15, 0.2) is 10.7 Å². The van der Waals surface area contributed by atoms with E-state index < -0.39 is 11.8 Å². The molecule has 2 rings (SSSR count). The van der Waals surface area contributed by atoms with E-state index in [0.717, 1.165) is 10.0 Å². The Bertz CT molecular complexity index is 535. The molecule has 0 aliphatic carbocycles. The standard InChI is InChI=1S/C11H11BrClN3O2/c1-5-7(12)3-15-10(13)9(5)16-4-6(11(14)18)2-8(16)17/h3,6H,2,4H2,1H3,(H2,14,18). The first-order valence-electron chi connectivity index (χ1n) is 5.32. The van der Waals surface area contributed by atoms with Crippen molar-refractivity contribution in [2.45, 2.75) is 13.3 Å². The lowest BCUT2D eigenvalue weighted by molar-refractivity contribution is -0.123. The van der Waals surface area contributed by atoms with E-state index in [1.165, 1.54) is 4.90 Å². The Kier molecular flexibility index (Phi) is 3.59. The topological polar surface area (TPSA) is 76.3 Å². The molecule has 7 heteroatoms. The third-order valence-corrected chi connectivity index (χ3v) is 4.07. The molecule has 0 spiro atoms. The SMILES string of the molecule is Cc1c(Br)cnc(Cl)c1N1CC(C(N)=O)CC1=O. The number of nitrogens with zero attached hydrogens (tertiary/aromatic N) is 2. The van der Waals surface area contributed by atoms with Gasteiger partial charge in [-0.2, -0.15) is 0 Å². The maximum Gasteiger partial charge on any atom is 0.227 e. The monoisotopic (exact) mass is 331 g/mol. The van der Waals surface area contributed by atoms with Crippen LogP contribution in [0, 0.1) is 12.8 Å². The Morgan fingerprint density at radius 1 is 1.67 bits per heavy atom. The first-order valence-corrected chi connectivity index (χ1v) is 6.49. The highest BCUT2D eigenvalue weighted by Gasteiger charge is 2.36. The molecule has 2 amide bonds. The second kappa shape index (κ2) is 4.85. The summed E-state index contributed by atoms with van der Waals surface area (Å²) in [5, 5.41) is 0.245. The molecule has 1 unspecified atom stereocenters. The number of hydrogen-bond donors (Lipinski definition) is 1. The molecule has 96 valence electrons. The zero-order valence-electron chi connectivity index (χ0n) is 9.61. The van der Waals surface area contributed by atoms with Crippen molar-refractivity contribution in [3.8, 4) is 0 Å². The number of anilines is 1. The Morgan fingerprint density at radius 2 is 2.33 bits per heavy atom. The molecule has 0 saturated carbocycles. The summed E-state index contributed by atoms with van der Waals surface area (Å²) < 4.78 is 0.761. The van der Waals surface area contributed by atoms with Gasteiger partial charge in [0.2, 0.25) is 11.8 Å². The average molecular weight is 333 g/mol. The summed E-state index contributed by atoms with van der Waals surface area (Å²) in [6.07, 6.45) is 1.70. The van der Waals surface area contributed by atoms with Gasteiger partial charge in [0.05, 0.1) is 11.6 Å². The van der Waals surface area contributed by atoms with Crippen LogP contribution in [0.4, 0.5) is 5.69 Å². The number of primary amides is 1. The lowest BCUT2D eigenvalue weighted by Gasteiger charge is -2.20. The van der Waals surface area contributed by atoms with Gasteiger partial charge in [0.1, 0.15) is 0 Å². The molecule has 1 saturated heterocycles. The van der Waals surface area contributed by atoms with Crippen LogP contribution in [0.25, 0.3) is 0 Å².